The number of nitrogens with two attached hydrogens (primary N) is 1. The number of carbonyl (C=O) groups is 2. The van der Waals surface area contributed by atoms with Gasteiger partial charge in [0, 0.05) is 23.8 Å². The van der Waals surface area contributed by atoms with Crippen molar-refractivity contribution in [2.24, 2.45) is 11.7 Å². The average Bonchev–Trinajstić information content (AvgIpc) is 3.02. The molecular formula is C20H23Cl2N3O2. The molecule has 4 N–H and O–H groups in total. The lowest BCUT2D eigenvalue weighted by Crippen LogP contribution is -2.28. The standard InChI is InChI=1S/C20H22ClN3O2.ClH/c21-17-10-9-15(23-19(25)11-13-5-4-8-18(13)22)12-16(17)20(26)24-14-6-2-1-3-7-14;/h1-3,6-7,9-10,12-13,18H,4-5,8,11,22H2,(H,23,25)(H,24,26);1H/t13-,18+;/m0./s1. The molecule has 7 heteroatoms. The Morgan fingerprint density at radius 2 is 1.78 bits per heavy atom. The lowest BCUT2D eigenvalue weighted by atomic mass is 10.00. The third kappa shape index (κ3) is 5.70. The van der Waals surface area contributed by atoms with Crippen molar-refractivity contribution in [2.45, 2.75) is 31.7 Å². The molecule has 1 fully saturated rings. The maximum atomic E-state index is 12.5. The third-order valence-corrected chi connectivity index (χ3v) is 5.02. The van der Waals surface area contributed by atoms with Gasteiger partial charge in [-0.25, -0.2) is 0 Å². The molecule has 2 amide bonds. The smallest absolute Gasteiger partial charge is 0.257 e. The van der Waals surface area contributed by atoms with E-state index in [2.05, 4.69) is 10.6 Å². The summed E-state index contributed by atoms with van der Waals surface area (Å²) in [5, 5.41) is 5.96. The first-order valence-electron chi connectivity index (χ1n) is 8.74. The van der Waals surface area contributed by atoms with Gasteiger partial charge in [0.15, 0.2) is 0 Å². The molecule has 3 rings (SSSR count). The molecule has 2 atom stereocenters. The van der Waals surface area contributed by atoms with Gasteiger partial charge in [-0.15, -0.1) is 12.4 Å². The Balaban J connectivity index is 0.00000261. The van der Waals surface area contributed by atoms with Crippen LogP contribution >= 0.6 is 24.0 Å². The van der Waals surface area contributed by atoms with E-state index in [0.29, 0.717) is 28.4 Å². The van der Waals surface area contributed by atoms with Gasteiger partial charge < -0.3 is 16.4 Å². The Labute approximate surface area is 170 Å². The van der Waals surface area contributed by atoms with Crippen molar-refractivity contribution in [3.63, 3.8) is 0 Å². The molecule has 0 aliphatic heterocycles. The molecule has 0 spiro atoms. The number of halogens is 2. The molecule has 0 saturated heterocycles. The van der Waals surface area contributed by atoms with Crippen molar-refractivity contribution in [1.82, 2.24) is 0 Å². The van der Waals surface area contributed by atoms with Crippen molar-refractivity contribution >= 4 is 47.2 Å². The fraction of sp³-hybridized carbons (Fsp3) is 0.300. The summed E-state index contributed by atoms with van der Waals surface area (Å²) in [6.07, 6.45) is 3.43. The summed E-state index contributed by atoms with van der Waals surface area (Å²) < 4.78 is 0. The summed E-state index contributed by atoms with van der Waals surface area (Å²) in [4.78, 5) is 24.7. The molecule has 1 aliphatic carbocycles. The van der Waals surface area contributed by atoms with Crippen LogP contribution < -0.4 is 16.4 Å². The van der Waals surface area contributed by atoms with Gasteiger partial charge in [0.2, 0.25) is 5.91 Å². The number of para-hydroxylation sites is 1. The number of carbonyl (C=O) groups excluding carboxylic acids is 2. The molecule has 1 aliphatic rings. The van der Waals surface area contributed by atoms with E-state index in [9.17, 15) is 9.59 Å². The third-order valence-electron chi connectivity index (χ3n) is 4.69. The predicted molar refractivity (Wildman–Crippen MR) is 112 cm³/mol. The number of anilines is 2. The monoisotopic (exact) mass is 407 g/mol. The SMILES string of the molecule is Cl.N[C@@H]1CCC[C@H]1CC(=O)Nc1ccc(Cl)c(C(=O)Nc2ccccc2)c1. The first kappa shape index (κ1) is 21.2. The van der Waals surface area contributed by atoms with Gasteiger partial charge in [-0.3, -0.25) is 9.59 Å². The summed E-state index contributed by atoms with van der Waals surface area (Å²) in [5.74, 6) is -0.192. The van der Waals surface area contributed by atoms with Crippen LogP contribution in [0.3, 0.4) is 0 Å². The van der Waals surface area contributed by atoms with E-state index in [1.807, 2.05) is 18.2 Å². The summed E-state index contributed by atoms with van der Waals surface area (Å²) in [7, 11) is 0. The predicted octanol–water partition coefficient (Wildman–Crippen LogP) is 4.47. The van der Waals surface area contributed by atoms with Gasteiger partial charge in [-0.1, -0.05) is 36.2 Å². The van der Waals surface area contributed by atoms with E-state index in [0.717, 1.165) is 19.3 Å². The number of nitrogens with one attached hydrogen (secondary N) is 2. The topological polar surface area (TPSA) is 84.2 Å². The van der Waals surface area contributed by atoms with Gasteiger partial charge in [0.05, 0.1) is 10.6 Å². The van der Waals surface area contributed by atoms with Crippen LogP contribution in [0.4, 0.5) is 11.4 Å². The van der Waals surface area contributed by atoms with E-state index < -0.39 is 0 Å². The Morgan fingerprint density at radius 1 is 1.04 bits per heavy atom. The van der Waals surface area contributed by atoms with Gasteiger partial charge in [-0.2, -0.15) is 0 Å². The highest BCUT2D eigenvalue weighted by Crippen LogP contribution is 2.28. The second-order valence-corrected chi connectivity index (χ2v) is 7.03. The molecule has 5 nitrogen and oxygen atoms in total. The van der Waals surface area contributed by atoms with Crippen LogP contribution in [-0.4, -0.2) is 17.9 Å². The zero-order valence-electron chi connectivity index (χ0n) is 14.8. The Bertz CT molecular complexity index is 799. The van der Waals surface area contributed by atoms with E-state index >= 15 is 0 Å². The van der Waals surface area contributed by atoms with E-state index in [1.165, 1.54) is 0 Å². The number of hydrogen-bond acceptors (Lipinski definition) is 3. The first-order valence-corrected chi connectivity index (χ1v) is 9.12. The molecule has 2 aromatic carbocycles. The van der Waals surface area contributed by atoms with Crippen LogP contribution in [0.1, 0.15) is 36.0 Å². The molecule has 1 saturated carbocycles. The van der Waals surface area contributed by atoms with Crippen molar-refractivity contribution in [3.05, 3.63) is 59.1 Å². The van der Waals surface area contributed by atoms with Crippen molar-refractivity contribution in [3.8, 4) is 0 Å². The van der Waals surface area contributed by atoms with Crippen LogP contribution in [0.2, 0.25) is 5.02 Å². The minimum absolute atomic E-state index is 0. The molecule has 0 radical (unpaired) electrons. The van der Waals surface area contributed by atoms with Gasteiger partial charge >= 0.3 is 0 Å². The summed E-state index contributed by atoms with van der Waals surface area (Å²) in [5.41, 5.74) is 7.56. The molecular weight excluding hydrogens is 385 g/mol. The number of rotatable bonds is 5. The number of hydrogen-bond donors (Lipinski definition) is 3. The second-order valence-electron chi connectivity index (χ2n) is 6.62. The maximum absolute atomic E-state index is 12.5. The molecule has 0 bridgehead atoms. The van der Waals surface area contributed by atoms with Crippen LogP contribution in [0.5, 0.6) is 0 Å². The molecule has 0 unspecified atom stereocenters. The number of amides is 2. The quantitative estimate of drug-likeness (QED) is 0.683. The largest absolute Gasteiger partial charge is 0.327 e. The lowest BCUT2D eigenvalue weighted by molar-refractivity contribution is -0.117. The normalized spacial score (nSPS) is 18.4. The average molecular weight is 408 g/mol. The zero-order chi connectivity index (χ0) is 18.5. The van der Waals surface area contributed by atoms with Crippen molar-refractivity contribution in [1.29, 1.82) is 0 Å². The highest BCUT2D eigenvalue weighted by Gasteiger charge is 2.26. The lowest BCUT2D eigenvalue weighted by Gasteiger charge is -2.15. The molecule has 0 heterocycles. The van der Waals surface area contributed by atoms with Gasteiger partial charge in [-0.05, 0) is 49.1 Å². The van der Waals surface area contributed by atoms with Crippen LogP contribution in [-0.2, 0) is 4.79 Å². The molecule has 0 aromatic heterocycles. The second kappa shape index (κ2) is 9.74. The Kier molecular flexibility index (Phi) is 7.66. The van der Waals surface area contributed by atoms with E-state index in [-0.39, 0.29) is 36.2 Å². The van der Waals surface area contributed by atoms with Crippen LogP contribution in [0, 0.1) is 5.92 Å². The molecule has 27 heavy (non-hydrogen) atoms. The minimum Gasteiger partial charge on any atom is -0.327 e. The summed E-state index contributed by atoms with van der Waals surface area (Å²) in [6.45, 7) is 0. The fourth-order valence-electron chi connectivity index (χ4n) is 3.27. The van der Waals surface area contributed by atoms with Crippen molar-refractivity contribution in [2.75, 3.05) is 10.6 Å². The van der Waals surface area contributed by atoms with Crippen molar-refractivity contribution < 1.29 is 9.59 Å². The van der Waals surface area contributed by atoms with Gasteiger partial charge in [0.1, 0.15) is 0 Å². The molecule has 144 valence electrons. The van der Waals surface area contributed by atoms with E-state index in [4.69, 9.17) is 17.3 Å². The van der Waals surface area contributed by atoms with Gasteiger partial charge in [0.25, 0.3) is 5.91 Å². The first-order chi connectivity index (χ1) is 12.5. The zero-order valence-corrected chi connectivity index (χ0v) is 16.4. The summed E-state index contributed by atoms with van der Waals surface area (Å²) in [6, 6.07) is 14.1. The minimum atomic E-state index is -0.324. The van der Waals surface area contributed by atoms with Crippen LogP contribution in [0.15, 0.2) is 48.5 Å². The highest BCUT2D eigenvalue weighted by atomic mass is 35.5. The maximum Gasteiger partial charge on any atom is 0.257 e. The number of benzene rings is 2. The fourth-order valence-corrected chi connectivity index (χ4v) is 3.47. The van der Waals surface area contributed by atoms with Crippen LogP contribution in [0.25, 0.3) is 0 Å². The summed E-state index contributed by atoms with van der Waals surface area (Å²) >= 11 is 6.16. The molecule has 2 aromatic rings. The highest BCUT2D eigenvalue weighted by molar-refractivity contribution is 6.34. The Hall–Kier alpha value is -2.08. The Morgan fingerprint density at radius 3 is 2.44 bits per heavy atom. The van der Waals surface area contributed by atoms with E-state index in [1.54, 1.807) is 30.3 Å².